The smallest absolute Gasteiger partial charge is 0.252 e. The zero-order valence-electron chi connectivity index (χ0n) is 61.1. The number of para-hydroxylation sites is 6. The van der Waals surface area contributed by atoms with Crippen LogP contribution in [0.3, 0.4) is 0 Å². The lowest BCUT2D eigenvalue weighted by molar-refractivity contribution is 0.487. The van der Waals surface area contributed by atoms with Gasteiger partial charge < -0.3 is 19.4 Å². The molecule has 15 aromatic carbocycles. The molecule has 506 valence electrons. The molecule has 0 spiro atoms. The van der Waals surface area contributed by atoms with Crippen LogP contribution >= 0.6 is 0 Å². The van der Waals surface area contributed by atoms with Crippen LogP contribution in [0.1, 0.15) is 76.0 Å². The lowest BCUT2D eigenvalue weighted by Crippen LogP contribution is -2.72. The standard InChI is InChI=1S/C99H77B4N3O/c1-63(2)70-59-77(64(3)4)93(78(60-70)65(5)6)101-82-54-28-32-58-89(82)107-90-62-88-83(61-84(90)101)100-79-51-25-29-55-85(79)105-86-56-30-26-52-80(86)102(91-73(66-35-13-7-14-36-66)47-33-48-74(91)67-37-15-8-16-38-67)95-97(104(71-43-21-11-22-44-71)72-45-23-12-24-46-72)96-99(94(100)98(95)105)106(88)87-57-31-27-53-81(87)103(96)92-75(68-39-17-9-18-40-68)49-34-50-76(92)69-41-19-10-20-42-69/h7-65H,1-6H3. The second-order valence-corrected chi connectivity index (χ2v) is 30.5. The van der Waals surface area contributed by atoms with Crippen LogP contribution in [0.2, 0.25) is 0 Å². The van der Waals surface area contributed by atoms with E-state index in [-0.39, 0.29) is 32.0 Å². The van der Waals surface area contributed by atoms with Crippen LogP contribution in [0, 0.1) is 0 Å². The monoisotopic (exact) mass is 1370 g/mol. The highest BCUT2D eigenvalue weighted by atomic mass is 16.5. The van der Waals surface area contributed by atoms with E-state index in [1.54, 1.807) is 0 Å². The van der Waals surface area contributed by atoms with Gasteiger partial charge >= 0.3 is 0 Å². The minimum absolute atomic E-state index is 0.142. The van der Waals surface area contributed by atoms with Crippen molar-refractivity contribution >= 4 is 144 Å². The normalized spacial score (nSPS) is 13.2. The van der Waals surface area contributed by atoms with E-state index in [2.05, 4.69) is 396 Å². The van der Waals surface area contributed by atoms with E-state index < -0.39 is 6.71 Å². The molecule has 5 aliphatic heterocycles. The first-order valence-corrected chi connectivity index (χ1v) is 38.3. The van der Waals surface area contributed by atoms with Crippen molar-refractivity contribution in [2.75, 3.05) is 14.7 Å². The van der Waals surface area contributed by atoms with Gasteiger partial charge in [0.15, 0.2) is 0 Å². The van der Waals surface area contributed by atoms with Crippen molar-refractivity contribution in [3.8, 4) is 56.0 Å². The fraction of sp³-hybridized carbons (Fsp3) is 0.0909. The molecule has 4 nitrogen and oxygen atoms in total. The predicted octanol–water partition coefficient (Wildman–Crippen LogP) is 17.6. The highest BCUT2D eigenvalue weighted by Crippen LogP contribution is 2.51. The van der Waals surface area contributed by atoms with Crippen molar-refractivity contribution in [1.29, 1.82) is 0 Å². The Balaban J connectivity index is 1.03. The van der Waals surface area contributed by atoms with Gasteiger partial charge in [-0.3, -0.25) is 0 Å². The number of nitrogens with zero attached hydrogens (tertiary/aromatic N) is 3. The number of ether oxygens (including phenoxy) is 1. The fourth-order valence-corrected chi connectivity index (χ4v) is 19.1. The molecule has 5 aliphatic rings. The molecule has 8 heteroatoms. The Hall–Kier alpha value is -12.2. The lowest BCUT2D eigenvalue weighted by atomic mass is 9.25. The van der Waals surface area contributed by atoms with Crippen LogP contribution in [0.25, 0.3) is 44.5 Å². The number of hydrogen-bond acceptors (Lipinski definition) is 4. The molecule has 20 rings (SSSR count). The zero-order chi connectivity index (χ0) is 71.7. The fourth-order valence-electron chi connectivity index (χ4n) is 19.1. The Kier molecular flexibility index (Phi) is 15.5. The number of anilines is 9. The van der Waals surface area contributed by atoms with Gasteiger partial charge in [-0.1, -0.05) is 343 Å². The molecule has 0 N–H and O–H groups in total. The van der Waals surface area contributed by atoms with Crippen LogP contribution in [0.15, 0.2) is 340 Å². The van der Waals surface area contributed by atoms with Crippen LogP contribution < -0.4 is 85.0 Å². The molecule has 0 aromatic heterocycles. The van der Waals surface area contributed by atoms with Gasteiger partial charge in [-0.15, -0.1) is 0 Å². The second-order valence-electron chi connectivity index (χ2n) is 30.5. The van der Waals surface area contributed by atoms with Gasteiger partial charge in [0.05, 0.1) is 0 Å². The van der Waals surface area contributed by atoms with Crippen molar-refractivity contribution < 1.29 is 4.74 Å². The van der Waals surface area contributed by atoms with Crippen molar-refractivity contribution in [2.45, 2.75) is 59.3 Å². The molecule has 0 saturated heterocycles. The molecular formula is C99H77B4N3O. The maximum atomic E-state index is 7.67. The van der Waals surface area contributed by atoms with Gasteiger partial charge in [0.25, 0.3) is 26.9 Å². The van der Waals surface area contributed by atoms with Crippen molar-refractivity contribution in [3.63, 3.8) is 0 Å². The minimum atomic E-state index is -0.401. The van der Waals surface area contributed by atoms with Crippen LogP contribution in [-0.4, -0.2) is 26.9 Å². The van der Waals surface area contributed by atoms with E-state index in [9.17, 15) is 0 Å². The molecule has 0 bridgehead atoms. The third kappa shape index (κ3) is 10.1. The highest BCUT2D eigenvalue weighted by Gasteiger charge is 2.56. The Morgan fingerprint density at radius 3 is 1.03 bits per heavy atom. The van der Waals surface area contributed by atoms with Crippen molar-refractivity contribution in [1.82, 2.24) is 0 Å². The molecule has 5 heterocycles. The summed E-state index contributed by atoms with van der Waals surface area (Å²) >= 11 is 0. The third-order valence-electron chi connectivity index (χ3n) is 23.6. The first kappa shape index (κ1) is 64.4. The summed E-state index contributed by atoms with van der Waals surface area (Å²) in [5.74, 6) is 2.65. The number of rotatable bonds is 13. The van der Waals surface area contributed by atoms with E-state index in [1.807, 2.05) is 0 Å². The number of hydrogen-bond donors (Lipinski definition) is 0. The summed E-state index contributed by atoms with van der Waals surface area (Å²) in [5, 5.41) is 0. The number of fused-ring (bicyclic) bond motifs is 12. The quantitative estimate of drug-likeness (QED) is 0.107. The number of benzene rings is 15. The van der Waals surface area contributed by atoms with E-state index in [0.29, 0.717) is 5.92 Å². The summed E-state index contributed by atoms with van der Waals surface area (Å²) in [6.07, 6.45) is 0. The van der Waals surface area contributed by atoms with Crippen LogP contribution in [-0.2, 0) is 0 Å². The maximum Gasteiger partial charge on any atom is 0.252 e. The van der Waals surface area contributed by atoms with E-state index >= 15 is 0 Å². The van der Waals surface area contributed by atoms with E-state index in [1.165, 1.54) is 138 Å². The summed E-state index contributed by atoms with van der Waals surface area (Å²) in [5.41, 5.74) is 38.9. The molecule has 0 radical (unpaired) electrons. The first-order chi connectivity index (χ1) is 52.7. The molecule has 0 saturated carbocycles. The minimum Gasteiger partial charge on any atom is -0.458 e. The second kappa shape index (κ2) is 25.8. The Morgan fingerprint density at radius 2 is 0.617 bits per heavy atom. The summed E-state index contributed by atoms with van der Waals surface area (Å²) in [4.78, 5) is 8.13. The van der Waals surface area contributed by atoms with Crippen molar-refractivity contribution in [2.24, 2.45) is 0 Å². The van der Waals surface area contributed by atoms with Gasteiger partial charge in [-0.05, 0) is 177 Å². The Bertz CT molecular complexity index is 5830. The van der Waals surface area contributed by atoms with Gasteiger partial charge in [0, 0.05) is 57.3 Å². The first-order valence-electron chi connectivity index (χ1n) is 38.3. The van der Waals surface area contributed by atoms with Crippen LogP contribution in [0.4, 0.5) is 51.2 Å². The van der Waals surface area contributed by atoms with Crippen LogP contribution in [0.5, 0.6) is 11.5 Å². The molecule has 0 amide bonds. The molecule has 107 heavy (non-hydrogen) atoms. The largest absolute Gasteiger partial charge is 0.458 e. The molecule has 0 unspecified atom stereocenters. The zero-order valence-corrected chi connectivity index (χ0v) is 61.1. The van der Waals surface area contributed by atoms with E-state index in [4.69, 9.17) is 4.74 Å². The molecule has 0 atom stereocenters. The average molecular weight is 1370 g/mol. The molecular weight excluding hydrogens is 1290 g/mol. The van der Waals surface area contributed by atoms with Crippen molar-refractivity contribution in [3.05, 3.63) is 356 Å². The highest BCUT2D eigenvalue weighted by molar-refractivity contribution is 7.09. The summed E-state index contributed by atoms with van der Waals surface area (Å²) < 4.78 is 7.67. The summed E-state index contributed by atoms with van der Waals surface area (Å²) in [7, 11) is 0. The molecule has 0 aliphatic carbocycles. The average Bonchev–Trinajstić information content (AvgIpc) is 0.656. The maximum absolute atomic E-state index is 7.67. The third-order valence-corrected chi connectivity index (χ3v) is 23.6. The predicted molar refractivity (Wildman–Crippen MR) is 459 cm³/mol. The van der Waals surface area contributed by atoms with Gasteiger partial charge in [0.2, 0.25) is 0 Å². The molecule has 15 aromatic rings. The Labute approximate surface area is 630 Å². The van der Waals surface area contributed by atoms with Gasteiger partial charge in [-0.2, -0.15) is 0 Å². The van der Waals surface area contributed by atoms with Gasteiger partial charge in [-0.25, -0.2) is 0 Å². The van der Waals surface area contributed by atoms with Gasteiger partial charge in [0.1, 0.15) is 11.5 Å². The molecule has 0 fully saturated rings. The topological polar surface area (TPSA) is 19.0 Å². The van der Waals surface area contributed by atoms with E-state index in [0.717, 1.165) is 51.1 Å². The Morgan fingerprint density at radius 1 is 0.262 bits per heavy atom. The summed E-state index contributed by atoms with van der Waals surface area (Å²) in [6.45, 7) is 13.1. The summed E-state index contributed by atoms with van der Waals surface area (Å²) in [6, 6.07) is 129. The SMILES string of the molecule is CC(C)c1cc(C(C)C)c(B2c3ccccc3Oc3cc4c(cc32)B2c3ccccc3N3c5ccccc5B(c5c(-c6ccccc6)cccc5-c5ccccc5)c5c(N(c6ccccc6)c6ccccc6)c6c(c2c53)N4c2ccccc2B6c2c(-c3ccccc3)cccc2-c2ccccc2)c(C(C)C)c1. The lowest BCUT2D eigenvalue weighted by Gasteiger charge is -2.53.